The minimum Gasteiger partial charge on any atom is -0.382 e. The Morgan fingerprint density at radius 1 is 1.53 bits per heavy atom. The van der Waals surface area contributed by atoms with Gasteiger partial charge in [-0.1, -0.05) is 18.5 Å². The molecule has 1 aromatic rings. The van der Waals surface area contributed by atoms with Crippen LogP contribution in [-0.2, 0) is 6.54 Å². The van der Waals surface area contributed by atoms with Gasteiger partial charge in [-0.15, -0.1) is 0 Å². The molecule has 0 atom stereocenters. The lowest BCUT2D eigenvalue weighted by molar-refractivity contribution is -0.0327. The summed E-state index contributed by atoms with van der Waals surface area (Å²) < 4.78 is 36.9. The summed E-state index contributed by atoms with van der Waals surface area (Å²) in [6.07, 6.45) is 2.08. The van der Waals surface area contributed by atoms with E-state index < -0.39 is 11.1 Å². The molecule has 1 N–H and O–H groups in total. The first-order chi connectivity index (χ1) is 8.85. The number of nitrogens with one attached hydrogen (secondary N) is 1. The second kappa shape index (κ2) is 7.04. The number of hydrogen-bond acceptors (Lipinski definition) is 4. The van der Waals surface area contributed by atoms with Gasteiger partial charge >= 0.3 is 5.51 Å². The summed E-state index contributed by atoms with van der Waals surface area (Å²) in [5, 5.41) is 6.50. The van der Waals surface area contributed by atoms with Gasteiger partial charge in [0.25, 0.3) is 5.56 Å². The Hall–Kier alpha value is -0.890. The molecule has 0 aromatic carbocycles. The van der Waals surface area contributed by atoms with Gasteiger partial charge in [-0.05, 0) is 18.2 Å². The van der Waals surface area contributed by atoms with Crippen molar-refractivity contribution in [2.45, 2.75) is 25.4 Å². The number of halogens is 4. The number of anilines is 1. The van der Waals surface area contributed by atoms with E-state index in [9.17, 15) is 18.0 Å². The van der Waals surface area contributed by atoms with E-state index in [2.05, 4.69) is 10.4 Å². The third kappa shape index (κ3) is 5.32. The highest BCUT2D eigenvalue weighted by molar-refractivity contribution is 8.00. The normalized spacial score (nSPS) is 11.6. The maximum atomic E-state index is 11.9. The van der Waals surface area contributed by atoms with Crippen molar-refractivity contribution in [3.63, 3.8) is 0 Å². The maximum absolute atomic E-state index is 11.9. The molecule has 0 amide bonds. The zero-order valence-corrected chi connectivity index (χ0v) is 11.7. The third-order valence-electron chi connectivity index (χ3n) is 2.10. The van der Waals surface area contributed by atoms with Crippen LogP contribution in [0.3, 0.4) is 0 Å². The molecule has 0 aliphatic carbocycles. The zero-order valence-electron chi connectivity index (χ0n) is 10.1. The van der Waals surface area contributed by atoms with Crippen LogP contribution in [0.5, 0.6) is 0 Å². The molecule has 0 radical (unpaired) electrons. The third-order valence-corrected chi connectivity index (χ3v) is 3.20. The van der Waals surface area contributed by atoms with E-state index >= 15 is 0 Å². The van der Waals surface area contributed by atoms with Gasteiger partial charge in [-0.3, -0.25) is 4.79 Å². The first-order valence-electron chi connectivity index (χ1n) is 5.55. The Balaban J connectivity index is 2.60. The Morgan fingerprint density at radius 3 is 2.79 bits per heavy atom. The van der Waals surface area contributed by atoms with E-state index in [1.54, 1.807) is 0 Å². The van der Waals surface area contributed by atoms with Crippen LogP contribution >= 0.6 is 23.4 Å². The average Bonchev–Trinajstić information content (AvgIpc) is 2.32. The number of rotatable bonds is 6. The van der Waals surface area contributed by atoms with Crippen molar-refractivity contribution in [3.05, 3.63) is 21.6 Å². The molecule has 4 nitrogen and oxygen atoms in total. The van der Waals surface area contributed by atoms with Crippen molar-refractivity contribution in [1.29, 1.82) is 0 Å². The van der Waals surface area contributed by atoms with Gasteiger partial charge < -0.3 is 5.32 Å². The first-order valence-corrected chi connectivity index (χ1v) is 6.91. The molecule has 1 aromatic heterocycles. The number of thioether (sulfide) groups is 1. The molecule has 9 heteroatoms. The van der Waals surface area contributed by atoms with Crippen molar-refractivity contribution < 1.29 is 13.2 Å². The highest BCUT2D eigenvalue weighted by atomic mass is 35.5. The van der Waals surface area contributed by atoms with E-state index in [0.717, 1.165) is 6.42 Å². The standard InChI is InChI=1S/C10H13ClF3N3OS/c1-2-4-17-9(18)8(11)7(6-16-17)15-3-5-19-10(12,13)14/h6,15H,2-5H2,1H3. The predicted octanol–water partition coefficient (Wildman–Crippen LogP) is 2.97. The number of aromatic nitrogens is 2. The van der Waals surface area contributed by atoms with E-state index in [0.29, 0.717) is 6.54 Å². The van der Waals surface area contributed by atoms with Gasteiger partial charge in [-0.2, -0.15) is 18.3 Å². The van der Waals surface area contributed by atoms with Crippen molar-refractivity contribution in [3.8, 4) is 0 Å². The van der Waals surface area contributed by atoms with Gasteiger partial charge in [0.2, 0.25) is 0 Å². The van der Waals surface area contributed by atoms with Crippen molar-refractivity contribution >= 4 is 29.1 Å². The molecule has 0 bridgehead atoms. The van der Waals surface area contributed by atoms with Crippen LogP contribution < -0.4 is 10.9 Å². The molecule has 0 unspecified atom stereocenters. The Labute approximate surface area is 117 Å². The SMILES string of the molecule is CCCn1ncc(NCCSC(F)(F)F)c(Cl)c1=O. The number of nitrogens with zero attached hydrogens (tertiary/aromatic N) is 2. The zero-order chi connectivity index (χ0) is 14.5. The highest BCUT2D eigenvalue weighted by Crippen LogP contribution is 2.29. The topological polar surface area (TPSA) is 46.9 Å². The monoisotopic (exact) mass is 315 g/mol. The Morgan fingerprint density at radius 2 is 2.21 bits per heavy atom. The summed E-state index contributed by atoms with van der Waals surface area (Å²) in [5.41, 5.74) is -4.45. The van der Waals surface area contributed by atoms with Gasteiger partial charge in [-0.25, -0.2) is 4.68 Å². The molecule has 1 rings (SSSR count). The van der Waals surface area contributed by atoms with E-state index in [1.807, 2.05) is 6.92 Å². The Bertz CT molecular complexity index is 478. The van der Waals surface area contributed by atoms with Crippen molar-refractivity contribution in [2.24, 2.45) is 0 Å². The van der Waals surface area contributed by atoms with Crippen LogP contribution in [-0.4, -0.2) is 27.6 Å². The number of alkyl halides is 3. The van der Waals surface area contributed by atoms with Crippen molar-refractivity contribution in [1.82, 2.24) is 9.78 Å². The molecule has 0 spiro atoms. The summed E-state index contributed by atoms with van der Waals surface area (Å²) in [6, 6.07) is 0. The molecular weight excluding hydrogens is 303 g/mol. The van der Waals surface area contributed by atoms with Crippen molar-refractivity contribution in [2.75, 3.05) is 17.6 Å². The minimum atomic E-state index is -4.26. The predicted molar refractivity (Wildman–Crippen MR) is 70.8 cm³/mol. The van der Waals surface area contributed by atoms with Crippen LogP contribution in [0.15, 0.2) is 11.0 Å². The fourth-order valence-corrected chi connectivity index (χ4v) is 1.96. The summed E-state index contributed by atoms with van der Waals surface area (Å²) >= 11 is 5.70. The lowest BCUT2D eigenvalue weighted by Gasteiger charge is -2.10. The van der Waals surface area contributed by atoms with Crippen LogP contribution in [0.4, 0.5) is 18.9 Å². The molecule has 1 heterocycles. The first kappa shape index (κ1) is 16.2. The fourth-order valence-electron chi connectivity index (χ4n) is 1.31. The maximum Gasteiger partial charge on any atom is 0.441 e. The van der Waals surface area contributed by atoms with Crippen LogP contribution in [0.1, 0.15) is 13.3 Å². The summed E-state index contributed by atoms with van der Waals surface area (Å²) in [7, 11) is 0. The average molecular weight is 316 g/mol. The van der Waals surface area contributed by atoms with Crippen LogP contribution in [0.25, 0.3) is 0 Å². The smallest absolute Gasteiger partial charge is 0.382 e. The molecule has 0 aliphatic heterocycles. The lowest BCUT2D eigenvalue weighted by atomic mass is 10.4. The highest BCUT2D eigenvalue weighted by Gasteiger charge is 2.27. The summed E-state index contributed by atoms with van der Waals surface area (Å²) in [5.74, 6) is -0.169. The van der Waals surface area contributed by atoms with E-state index in [-0.39, 0.29) is 34.8 Å². The van der Waals surface area contributed by atoms with Crippen LogP contribution in [0, 0.1) is 0 Å². The second-order valence-electron chi connectivity index (χ2n) is 3.62. The van der Waals surface area contributed by atoms with Gasteiger partial charge in [0.15, 0.2) is 0 Å². The van der Waals surface area contributed by atoms with Gasteiger partial charge in [0.05, 0.1) is 11.9 Å². The van der Waals surface area contributed by atoms with E-state index in [1.165, 1.54) is 10.9 Å². The van der Waals surface area contributed by atoms with Gasteiger partial charge in [0, 0.05) is 18.8 Å². The second-order valence-corrected chi connectivity index (χ2v) is 5.16. The van der Waals surface area contributed by atoms with E-state index in [4.69, 9.17) is 11.6 Å². The number of hydrogen-bond donors (Lipinski definition) is 1. The fraction of sp³-hybridized carbons (Fsp3) is 0.600. The lowest BCUT2D eigenvalue weighted by Crippen LogP contribution is -2.24. The minimum absolute atomic E-state index is 0.0445. The van der Waals surface area contributed by atoms with Crippen LogP contribution in [0.2, 0.25) is 5.02 Å². The Kier molecular flexibility index (Phi) is 5.99. The largest absolute Gasteiger partial charge is 0.441 e. The summed E-state index contributed by atoms with van der Waals surface area (Å²) in [6.45, 7) is 2.38. The quantitative estimate of drug-likeness (QED) is 0.820. The molecular formula is C10H13ClF3N3OS. The molecule has 0 fully saturated rings. The van der Waals surface area contributed by atoms with Gasteiger partial charge in [0.1, 0.15) is 5.02 Å². The molecule has 0 aliphatic rings. The molecule has 0 saturated carbocycles. The molecule has 108 valence electrons. The molecule has 0 saturated heterocycles. The number of aryl methyl sites for hydroxylation is 1. The summed E-state index contributed by atoms with van der Waals surface area (Å²) in [4.78, 5) is 11.7. The molecule has 19 heavy (non-hydrogen) atoms.